The predicted octanol–water partition coefficient (Wildman–Crippen LogP) is 4.41. The zero-order valence-electron chi connectivity index (χ0n) is 24.1. The van der Waals surface area contributed by atoms with Gasteiger partial charge in [-0.05, 0) is 61.1 Å². The van der Waals surface area contributed by atoms with Crippen LogP contribution >= 0.6 is 0 Å². The molecule has 3 aromatic rings. The van der Waals surface area contributed by atoms with Gasteiger partial charge in [-0.15, -0.1) is 0 Å². The highest BCUT2D eigenvalue weighted by Gasteiger charge is 2.77. The molecule has 3 aromatic carbocycles. The smallest absolute Gasteiger partial charge is 0.250 e. The van der Waals surface area contributed by atoms with Crippen LogP contribution in [0.15, 0.2) is 72.8 Å². The summed E-state index contributed by atoms with van der Waals surface area (Å²) in [6, 6.07) is 22.6. The van der Waals surface area contributed by atoms with Gasteiger partial charge in [-0.25, -0.2) is 0 Å². The van der Waals surface area contributed by atoms with Crippen molar-refractivity contribution in [1.29, 1.82) is 0 Å². The number of aliphatic hydroxyl groups excluding tert-OH is 1. The second kappa shape index (κ2) is 11.5. The number of aliphatic hydroxyl groups is 1. The van der Waals surface area contributed by atoms with Crippen molar-refractivity contribution in [3.63, 3.8) is 0 Å². The standard InChI is InChI=1S/C34H39N3O5/c1-33-17-18-34(42-33)28(27(33)30(39)35-22-23-11-5-4-6-12-23)32(41)37(19-9-2-3-10-20-38)29(34)31(40)36-26-16-15-24-13-7-8-14-25(24)21-26/h4-8,11-16,21,27-29,38H,2-3,9-10,17-20,22H2,1H3,(H,35,39)(H,36,40)/t27-,28+,29?,33+,34?/m1/s1. The Labute approximate surface area is 246 Å². The third-order valence-electron chi connectivity index (χ3n) is 9.44. The van der Waals surface area contributed by atoms with Crippen LogP contribution in [-0.4, -0.2) is 58.1 Å². The molecule has 2 unspecified atom stereocenters. The van der Waals surface area contributed by atoms with Gasteiger partial charge in [0.1, 0.15) is 11.6 Å². The summed E-state index contributed by atoms with van der Waals surface area (Å²) in [4.78, 5) is 43.8. The summed E-state index contributed by atoms with van der Waals surface area (Å²) < 4.78 is 6.73. The molecule has 8 nitrogen and oxygen atoms in total. The molecule has 2 bridgehead atoms. The molecule has 42 heavy (non-hydrogen) atoms. The van der Waals surface area contributed by atoms with Crippen LogP contribution in [0.4, 0.5) is 5.69 Å². The molecule has 0 saturated carbocycles. The van der Waals surface area contributed by atoms with Crippen LogP contribution in [0.3, 0.4) is 0 Å². The van der Waals surface area contributed by atoms with Crippen molar-refractivity contribution >= 4 is 34.2 Å². The molecule has 6 rings (SSSR count). The second-order valence-corrected chi connectivity index (χ2v) is 12.2. The fourth-order valence-electron chi connectivity index (χ4n) is 7.49. The first-order chi connectivity index (χ1) is 20.4. The van der Waals surface area contributed by atoms with Gasteiger partial charge in [0.25, 0.3) is 0 Å². The Hall–Kier alpha value is -3.75. The molecule has 3 heterocycles. The van der Waals surface area contributed by atoms with Crippen LogP contribution in [0.2, 0.25) is 0 Å². The Bertz CT molecular complexity index is 1480. The molecular formula is C34H39N3O5. The summed E-state index contributed by atoms with van der Waals surface area (Å²) in [5.41, 5.74) is -0.253. The SMILES string of the molecule is C[C@@]12CCC3(O1)C(C(=O)Nc1ccc4ccccc4c1)N(CCCCCCO)C(=O)[C@@H]3[C@@H]2C(=O)NCc1ccccc1. The van der Waals surface area contributed by atoms with Crippen molar-refractivity contribution in [1.82, 2.24) is 10.2 Å². The van der Waals surface area contributed by atoms with Gasteiger partial charge in [0, 0.05) is 25.4 Å². The van der Waals surface area contributed by atoms with E-state index < -0.39 is 29.1 Å². The quantitative estimate of drug-likeness (QED) is 0.297. The van der Waals surface area contributed by atoms with E-state index in [1.807, 2.05) is 79.7 Å². The fraction of sp³-hybridized carbons (Fsp3) is 0.441. The number of carbonyl (C=O) groups excluding carboxylic acids is 3. The summed E-state index contributed by atoms with van der Waals surface area (Å²) in [5.74, 6) is -2.08. The van der Waals surface area contributed by atoms with Gasteiger partial charge in [0.15, 0.2) is 0 Å². The lowest BCUT2D eigenvalue weighted by Crippen LogP contribution is -2.53. The van der Waals surface area contributed by atoms with Crippen LogP contribution in [0.5, 0.6) is 0 Å². The van der Waals surface area contributed by atoms with E-state index in [-0.39, 0.29) is 24.3 Å². The van der Waals surface area contributed by atoms with Crippen molar-refractivity contribution in [3.8, 4) is 0 Å². The molecule has 1 spiro atoms. The molecule has 3 N–H and O–H groups in total. The molecule has 220 valence electrons. The highest BCUT2D eigenvalue weighted by atomic mass is 16.5. The van der Waals surface area contributed by atoms with E-state index in [1.54, 1.807) is 4.90 Å². The minimum atomic E-state index is -1.06. The van der Waals surface area contributed by atoms with Crippen LogP contribution in [-0.2, 0) is 25.7 Å². The van der Waals surface area contributed by atoms with Gasteiger partial charge in [0.05, 0.1) is 17.4 Å². The lowest BCUT2D eigenvalue weighted by atomic mass is 9.66. The number of hydrogen-bond donors (Lipinski definition) is 3. The normalized spacial score (nSPS) is 27.8. The summed E-state index contributed by atoms with van der Waals surface area (Å²) in [7, 11) is 0. The van der Waals surface area contributed by atoms with Gasteiger partial charge in [0.2, 0.25) is 17.7 Å². The maximum Gasteiger partial charge on any atom is 0.250 e. The van der Waals surface area contributed by atoms with E-state index >= 15 is 0 Å². The third kappa shape index (κ3) is 4.96. The largest absolute Gasteiger partial charge is 0.396 e. The number of ether oxygens (including phenoxy) is 1. The van der Waals surface area contributed by atoms with E-state index in [2.05, 4.69) is 10.6 Å². The number of rotatable bonds is 11. The molecular weight excluding hydrogens is 530 g/mol. The van der Waals surface area contributed by atoms with E-state index in [1.165, 1.54) is 0 Å². The number of likely N-dealkylation sites (tertiary alicyclic amines) is 1. The maximum atomic E-state index is 14.2. The minimum absolute atomic E-state index is 0.136. The first-order valence-corrected chi connectivity index (χ1v) is 15.1. The Balaban J connectivity index is 1.28. The molecule has 0 radical (unpaired) electrons. The Kier molecular flexibility index (Phi) is 7.77. The van der Waals surface area contributed by atoms with E-state index in [9.17, 15) is 14.4 Å². The zero-order valence-corrected chi connectivity index (χ0v) is 24.1. The number of fused-ring (bicyclic) bond motifs is 2. The fourth-order valence-corrected chi connectivity index (χ4v) is 7.49. The number of benzene rings is 3. The van der Waals surface area contributed by atoms with Crippen LogP contribution < -0.4 is 10.6 Å². The van der Waals surface area contributed by atoms with Crippen molar-refractivity contribution in [2.24, 2.45) is 11.8 Å². The summed E-state index contributed by atoms with van der Waals surface area (Å²) in [6.07, 6.45) is 4.23. The summed E-state index contributed by atoms with van der Waals surface area (Å²) >= 11 is 0. The van der Waals surface area contributed by atoms with Gasteiger partial charge in [-0.2, -0.15) is 0 Å². The van der Waals surface area contributed by atoms with E-state index in [0.717, 1.165) is 29.2 Å². The van der Waals surface area contributed by atoms with Crippen LogP contribution in [0, 0.1) is 11.8 Å². The van der Waals surface area contributed by atoms with Crippen molar-refractivity contribution in [3.05, 3.63) is 78.4 Å². The highest BCUT2D eigenvalue weighted by Crippen LogP contribution is 2.63. The topological polar surface area (TPSA) is 108 Å². The van der Waals surface area contributed by atoms with Crippen molar-refractivity contribution in [2.45, 2.75) is 69.2 Å². The highest BCUT2D eigenvalue weighted by molar-refractivity contribution is 6.04. The third-order valence-corrected chi connectivity index (χ3v) is 9.44. The average molecular weight is 570 g/mol. The van der Waals surface area contributed by atoms with Crippen molar-refractivity contribution in [2.75, 3.05) is 18.5 Å². The van der Waals surface area contributed by atoms with Gasteiger partial charge in [-0.1, -0.05) is 73.5 Å². The number of unbranched alkanes of at least 4 members (excludes halogenated alkanes) is 3. The second-order valence-electron chi connectivity index (χ2n) is 12.2. The molecule has 3 aliphatic heterocycles. The summed E-state index contributed by atoms with van der Waals surface area (Å²) in [6.45, 7) is 2.81. The van der Waals surface area contributed by atoms with E-state index in [0.29, 0.717) is 44.5 Å². The number of amides is 3. The molecule has 3 amide bonds. The maximum absolute atomic E-state index is 14.2. The van der Waals surface area contributed by atoms with Crippen molar-refractivity contribution < 1.29 is 24.2 Å². The van der Waals surface area contributed by atoms with Gasteiger partial charge in [-0.3, -0.25) is 14.4 Å². The Morgan fingerprint density at radius 3 is 2.45 bits per heavy atom. The molecule has 8 heteroatoms. The first kappa shape index (κ1) is 28.4. The molecule has 0 aromatic heterocycles. The van der Waals surface area contributed by atoms with Crippen LogP contribution in [0.25, 0.3) is 10.8 Å². The number of nitrogens with zero attached hydrogens (tertiary/aromatic N) is 1. The molecule has 3 saturated heterocycles. The lowest BCUT2D eigenvalue weighted by molar-refractivity contribution is -0.144. The minimum Gasteiger partial charge on any atom is -0.396 e. The number of anilines is 1. The Morgan fingerprint density at radius 1 is 0.929 bits per heavy atom. The van der Waals surface area contributed by atoms with E-state index in [4.69, 9.17) is 9.84 Å². The Morgan fingerprint density at radius 2 is 1.67 bits per heavy atom. The number of hydrogen-bond acceptors (Lipinski definition) is 5. The first-order valence-electron chi connectivity index (χ1n) is 15.1. The van der Waals surface area contributed by atoms with Gasteiger partial charge >= 0.3 is 0 Å². The molecule has 3 fully saturated rings. The van der Waals surface area contributed by atoms with Crippen LogP contribution in [0.1, 0.15) is 51.0 Å². The number of nitrogens with one attached hydrogen (secondary N) is 2. The monoisotopic (exact) mass is 569 g/mol. The number of carbonyl (C=O) groups is 3. The summed E-state index contributed by atoms with van der Waals surface area (Å²) in [5, 5.41) is 17.4. The lowest BCUT2D eigenvalue weighted by Gasteiger charge is -2.33. The molecule has 0 aliphatic carbocycles. The molecule has 5 atom stereocenters. The average Bonchev–Trinajstić information content (AvgIpc) is 3.56. The van der Waals surface area contributed by atoms with Gasteiger partial charge < -0.3 is 25.4 Å². The zero-order chi connectivity index (χ0) is 29.3. The molecule has 3 aliphatic rings. The predicted molar refractivity (Wildman–Crippen MR) is 160 cm³/mol.